The van der Waals surface area contributed by atoms with Crippen molar-refractivity contribution in [2.45, 2.75) is 19.1 Å². The summed E-state index contributed by atoms with van der Waals surface area (Å²) in [7, 11) is 0. The van der Waals surface area contributed by atoms with Crippen molar-refractivity contribution in [3.63, 3.8) is 0 Å². The van der Waals surface area contributed by atoms with E-state index in [2.05, 4.69) is 10.1 Å². The molecular formula is C13H16F4N2O. The maximum absolute atomic E-state index is 13.4. The lowest BCUT2D eigenvalue weighted by Gasteiger charge is -2.35. The molecule has 0 bridgehead atoms. The van der Waals surface area contributed by atoms with Gasteiger partial charge in [-0.3, -0.25) is 4.90 Å². The van der Waals surface area contributed by atoms with E-state index < -0.39 is 19.1 Å². The summed E-state index contributed by atoms with van der Waals surface area (Å²) < 4.78 is 55.9. The van der Waals surface area contributed by atoms with E-state index >= 15 is 0 Å². The minimum Gasteiger partial charge on any atom is -0.434 e. The van der Waals surface area contributed by atoms with Crippen molar-refractivity contribution < 1.29 is 22.3 Å². The Bertz CT molecular complexity index is 425. The van der Waals surface area contributed by atoms with Crippen molar-refractivity contribution in [2.24, 2.45) is 0 Å². The average Bonchev–Trinajstić information content (AvgIpc) is 2.41. The van der Waals surface area contributed by atoms with Gasteiger partial charge in [0.15, 0.2) is 0 Å². The zero-order valence-corrected chi connectivity index (χ0v) is 10.7. The van der Waals surface area contributed by atoms with Crippen molar-refractivity contribution in [2.75, 3.05) is 26.2 Å². The molecule has 1 aromatic rings. The molecule has 0 amide bonds. The topological polar surface area (TPSA) is 24.5 Å². The molecule has 0 spiro atoms. The van der Waals surface area contributed by atoms with Crippen LogP contribution in [0.5, 0.6) is 5.75 Å². The summed E-state index contributed by atoms with van der Waals surface area (Å²) in [5.74, 6) is -0.189. The summed E-state index contributed by atoms with van der Waals surface area (Å²) in [5.41, 5.74) is 0.102. The number of hydrogen-bond donors (Lipinski definition) is 1. The molecule has 7 heteroatoms. The summed E-state index contributed by atoms with van der Waals surface area (Å²) in [6.45, 7) is -0.949. The van der Waals surface area contributed by atoms with Gasteiger partial charge in [-0.1, -0.05) is 18.2 Å². The standard InChI is InChI=1S/C13H16F4N2O/c14-12(15)11(19-7-5-18-6-8-19)9-3-1-2-4-10(9)20-13(16)17/h1-4,11-13,18H,5-8H2/t11-/m1/s1. The lowest BCUT2D eigenvalue weighted by Crippen LogP contribution is -2.47. The minimum absolute atomic E-state index is 0.102. The molecule has 1 aromatic carbocycles. The van der Waals surface area contributed by atoms with Crippen molar-refractivity contribution in [1.82, 2.24) is 10.2 Å². The second kappa shape index (κ2) is 6.90. The van der Waals surface area contributed by atoms with Crippen LogP contribution in [0.15, 0.2) is 24.3 Å². The number of hydrogen-bond acceptors (Lipinski definition) is 3. The second-order valence-electron chi connectivity index (χ2n) is 4.48. The molecule has 0 aliphatic carbocycles. The minimum atomic E-state index is -3.03. The molecule has 0 aromatic heterocycles. The van der Waals surface area contributed by atoms with E-state index in [1.807, 2.05) is 0 Å². The quantitative estimate of drug-likeness (QED) is 0.844. The van der Waals surface area contributed by atoms with Crippen LogP contribution in [0, 0.1) is 0 Å². The summed E-state index contributed by atoms with van der Waals surface area (Å²) in [5, 5.41) is 3.07. The summed E-state index contributed by atoms with van der Waals surface area (Å²) in [6.07, 6.45) is -2.67. The lowest BCUT2D eigenvalue weighted by molar-refractivity contribution is -0.0534. The molecule has 1 aliphatic rings. The van der Waals surface area contributed by atoms with Gasteiger partial charge in [-0.15, -0.1) is 0 Å². The number of nitrogens with one attached hydrogen (secondary N) is 1. The van der Waals surface area contributed by atoms with E-state index in [-0.39, 0.29) is 11.3 Å². The van der Waals surface area contributed by atoms with Gasteiger partial charge in [0.25, 0.3) is 6.43 Å². The number of nitrogens with zero attached hydrogens (tertiary/aromatic N) is 1. The van der Waals surface area contributed by atoms with Crippen molar-refractivity contribution in [3.05, 3.63) is 29.8 Å². The fourth-order valence-electron chi connectivity index (χ4n) is 2.38. The van der Waals surface area contributed by atoms with Crippen LogP contribution < -0.4 is 10.1 Å². The molecule has 1 heterocycles. The van der Waals surface area contributed by atoms with Crippen LogP contribution in [0.25, 0.3) is 0 Å². The molecule has 0 unspecified atom stereocenters. The van der Waals surface area contributed by atoms with Crippen molar-refractivity contribution in [1.29, 1.82) is 0 Å². The first-order valence-electron chi connectivity index (χ1n) is 6.36. The van der Waals surface area contributed by atoms with Gasteiger partial charge in [-0.25, -0.2) is 8.78 Å². The van der Waals surface area contributed by atoms with E-state index in [4.69, 9.17) is 0 Å². The monoisotopic (exact) mass is 292 g/mol. The maximum Gasteiger partial charge on any atom is 0.387 e. The van der Waals surface area contributed by atoms with Crippen LogP contribution in [0.1, 0.15) is 11.6 Å². The Hall–Kier alpha value is -1.34. The van der Waals surface area contributed by atoms with E-state index in [1.165, 1.54) is 18.2 Å². The molecule has 0 radical (unpaired) electrons. The Kier molecular flexibility index (Phi) is 5.19. The fraction of sp³-hybridized carbons (Fsp3) is 0.538. The molecule has 20 heavy (non-hydrogen) atoms. The normalized spacial score (nSPS) is 18.5. The Morgan fingerprint density at radius 2 is 1.70 bits per heavy atom. The highest BCUT2D eigenvalue weighted by Crippen LogP contribution is 2.34. The van der Waals surface area contributed by atoms with E-state index in [1.54, 1.807) is 11.0 Å². The van der Waals surface area contributed by atoms with Crippen LogP contribution in [0.4, 0.5) is 17.6 Å². The van der Waals surface area contributed by atoms with Gasteiger partial charge in [0, 0.05) is 31.7 Å². The Morgan fingerprint density at radius 3 is 2.30 bits per heavy atom. The summed E-state index contributed by atoms with van der Waals surface area (Å²) >= 11 is 0. The third-order valence-corrected chi connectivity index (χ3v) is 3.24. The number of alkyl halides is 4. The number of benzene rings is 1. The molecular weight excluding hydrogens is 276 g/mol. The van der Waals surface area contributed by atoms with Gasteiger partial charge < -0.3 is 10.1 Å². The number of piperazine rings is 1. The Labute approximate surface area is 114 Å². The zero-order chi connectivity index (χ0) is 14.5. The zero-order valence-electron chi connectivity index (χ0n) is 10.7. The van der Waals surface area contributed by atoms with Crippen LogP contribution in [0.2, 0.25) is 0 Å². The van der Waals surface area contributed by atoms with Crippen LogP contribution in [-0.2, 0) is 0 Å². The van der Waals surface area contributed by atoms with Crippen molar-refractivity contribution >= 4 is 0 Å². The maximum atomic E-state index is 13.4. The summed E-state index contributed by atoms with van der Waals surface area (Å²) in [4.78, 5) is 1.59. The summed E-state index contributed by atoms with van der Waals surface area (Å²) in [6, 6.07) is 4.51. The molecule has 2 rings (SSSR count). The predicted molar refractivity (Wildman–Crippen MR) is 66.3 cm³/mol. The van der Waals surface area contributed by atoms with Gasteiger partial charge in [0.2, 0.25) is 0 Å². The molecule has 3 nitrogen and oxygen atoms in total. The highest BCUT2D eigenvalue weighted by Gasteiger charge is 2.32. The van der Waals surface area contributed by atoms with Crippen LogP contribution in [0.3, 0.4) is 0 Å². The number of rotatable bonds is 5. The number of para-hydroxylation sites is 1. The molecule has 112 valence electrons. The third-order valence-electron chi connectivity index (χ3n) is 3.24. The molecule has 1 N–H and O–H groups in total. The van der Waals surface area contributed by atoms with Gasteiger partial charge in [-0.2, -0.15) is 8.78 Å². The molecule has 0 saturated carbocycles. The fourth-order valence-corrected chi connectivity index (χ4v) is 2.38. The van der Waals surface area contributed by atoms with E-state index in [0.717, 1.165) is 0 Å². The lowest BCUT2D eigenvalue weighted by atomic mass is 10.0. The number of halogens is 4. The highest BCUT2D eigenvalue weighted by atomic mass is 19.3. The van der Waals surface area contributed by atoms with E-state index in [9.17, 15) is 17.6 Å². The molecule has 1 atom stereocenters. The van der Waals surface area contributed by atoms with Gasteiger partial charge in [-0.05, 0) is 6.07 Å². The predicted octanol–water partition coefficient (Wildman–Crippen LogP) is 2.50. The Morgan fingerprint density at radius 1 is 1.05 bits per heavy atom. The van der Waals surface area contributed by atoms with Crippen LogP contribution in [-0.4, -0.2) is 44.1 Å². The number of ether oxygens (including phenoxy) is 1. The first-order valence-corrected chi connectivity index (χ1v) is 6.36. The first-order chi connectivity index (χ1) is 9.59. The highest BCUT2D eigenvalue weighted by molar-refractivity contribution is 5.36. The molecule has 1 aliphatic heterocycles. The van der Waals surface area contributed by atoms with Crippen molar-refractivity contribution in [3.8, 4) is 5.75 Å². The third kappa shape index (κ3) is 3.61. The van der Waals surface area contributed by atoms with Gasteiger partial charge >= 0.3 is 6.61 Å². The largest absolute Gasteiger partial charge is 0.434 e. The second-order valence-corrected chi connectivity index (χ2v) is 4.48. The van der Waals surface area contributed by atoms with E-state index in [0.29, 0.717) is 26.2 Å². The molecule has 1 saturated heterocycles. The SMILES string of the molecule is FC(F)Oc1ccccc1[C@H](C(F)F)N1CCNCC1. The average molecular weight is 292 g/mol. The van der Waals surface area contributed by atoms with Crippen LogP contribution >= 0.6 is 0 Å². The van der Waals surface area contributed by atoms with Gasteiger partial charge in [0.1, 0.15) is 5.75 Å². The first kappa shape index (κ1) is 15.1. The van der Waals surface area contributed by atoms with Gasteiger partial charge in [0.05, 0.1) is 6.04 Å². The Balaban J connectivity index is 2.28. The smallest absolute Gasteiger partial charge is 0.387 e. The molecule has 1 fully saturated rings.